The lowest BCUT2D eigenvalue weighted by Crippen LogP contribution is -2.42. The fraction of sp³-hybridized carbons (Fsp3) is 0.424. The SMILES string of the molecule is CCNC(=O)[C@H]1O[C@@H](n2cnc3c(NCC(c4ccccc4)c4ccccc4)nc(C(=O)NC4CCC(N)CC4)nc32)[C@@H](O)[C@@H]1O. The number of likely N-dealkylation sites (N-methyl/N-ethyl adjacent to an activating group) is 1. The second kappa shape index (κ2) is 13.9. The Kier molecular flexibility index (Phi) is 9.54. The third kappa shape index (κ3) is 6.58. The van der Waals surface area contributed by atoms with Crippen molar-refractivity contribution < 1.29 is 24.5 Å². The average molecular weight is 629 g/mol. The van der Waals surface area contributed by atoms with Gasteiger partial charge in [0.25, 0.3) is 11.8 Å². The molecule has 242 valence electrons. The maximum atomic E-state index is 13.6. The number of nitrogens with one attached hydrogen (secondary N) is 3. The van der Waals surface area contributed by atoms with Gasteiger partial charge < -0.3 is 36.6 Å². The van der Waals surface area contributed by atoms with Gasteiger partial charge in [-0.1, -0.05) is 60.7 Å². The summed E-state index contributed by atoms with van der Waals surface area (Å²) in [5, 5.41) is 30.7. The molecule has 46 heavy (non-hydrogen) atoms. The van der Waals surface area contributed by atoms with Crippen LogP contribution in [0.5, 0.6) is 0 Å². The van der Waals surface area contributed by atoms with Crippen LogP contribution in [0.2, 0.25) is 0 Å². The van der Waals surface area contributed by atoms with Gasteiger partial charge in [-0.3, -0.25) is 14.2 Å². The molecule has 2 fully saturated rings. The number of carbonyl (C=O) groups is 2. The summed E-state index contributed by atoms with van der Waals surface area (Å²) < 4.78 is 7.28. The van der Waals surface area contributed by atoms with Crippen LogP contribution in [0.1, 0.15) is 66.5 Å². The Hall–Kier alpha value is -4.43. The lowest BCUT2D eigenvalue weighted by atomic mass is 9.91. The van der Waals surface area contributed by atoms with Crippen LogP contribution in [-0.4, -0.2) is 85.0 Å². The van der Waals surface area contributed by atoms with Crippen LogP contribution in [-0.2, 0) is 9.53 Å². The van der Waals surface area contributed by atoms with Crippen LogP contribution in [0.15, 0.2) is 67.0 Å². The summed E-state index contributed by atoms with van der Waals surface area (Å²) in [6.07, 6.45) is -0.867. The molecular formula is C33H40N8O5. The van der Waals surface area contributed by atoms with Gasteiger partial charge in [0.1, 0.15) is 12.2 Å². The highest BCUT2D eigenvalue weighted by Gasteiger charge is 2.47. The molecule has 13 heteroatoms. The van der Waals surface area contributed by atoms with Crippen LogP contribution in [0.4, 0.5) is 5.82 Å². The van der Waals surface area contributed by atoms with Gasteiger partial charge in [0.05, 0.1) is 6.33 Å². The van der Waals surface area contributed by atoms with Crippen molar-refractivity contribution in [3.63, 3.8) is 0 Å². The van der Waals surface area contributed by atoms with E-state index in [-0.39, 0.29) is 29.5 Å². The first-order chi connectivity index (χ1) is 22.3. The molecule has 1 saturated heterocycles. The lowest BCUT2D eigenvalue weighted by Gasteiger charge is -2.26. The lowest BCUT2D eigenvalue weighted by molar-refractivity contribution is -0.137. The molecule has 1 aliphatic heterocycles. The van der Waals surface area contributed by atoms with E-state index >= 15 is 0 Å². The fourth-order valence-electron chi connectivity index (χ4n) is 6.22. The van der Waals surface area contributed by atoms with E-state index in [1.165, 1.54) is 10.9 Å². The van der Waals surface area contributed by atoms with Gasteiger partial charge in [0.2, 0.25) is 5.82 Å². The zero-order chi connectivity index (χ0) is 32.2. The van der Waals surface area contributed by atoms with Crippen LogP contribution in [0, 0.1) is 0 Å². The van der Waals surface area contributed by atoms with Crippen LogP contribution < -0.4 is 21.7 Å². The first-order valence-electron chi connectivity index (χ1n) is 15.8. The molecule has 6 rings (SSSR count). The van der Waals surface area contributed by atoms with Crippen molar-refractivity contribution in [3.8, 4) is 0 Å². The van der Waals surface area contributed by atoms with Gasteiger partial charge in [0, 0.05) is 31.1 Å². The molecule has 2 aromatic carbocycles. The Balaban J connectivity index is 1.35. The van der Waals surface area contributed by atoms with Crippen molar-refractivity contribution in [2.75, 3.05) is 18.4 Å². The smallest absolute Gasteiger partial charge is 0.289 e. The number of benzene rings is 2. The Morgan fingerprint density at radius 3 is 2.26 bits per heavy atom. The topological polar surface area (TPSA) is 190 Å². The minimum Gasteiger partial charge on any atom is -0.387 e. The van der Waals surface area contributed by atoms with Gasteiger partial charge in [0.15, 0.2) is 29.3 Å². The molecule has 4 aromatic rings. The van der Waals surface area contributed by atoms with Crippen LogP contribution >= 0.6 is 0 Å². The molecule has 2 aliphatic rings. The summed E-state index contributed by atoms with van der Waals surface area (Å²) in [6, 6.07) is 20.2. The Labute approximate surface area is 266 Å². The summed E-state index contributed by atoms with van der Waals surface area (Å²) in [4.78, 5) is 39.8. The van der Waals surface area contributed by atoms with Gasteiger partial charge >= 0.3 is 0 Å². The monoisotopic (exact) mass is 628 g/mol. The molecule has 4 atom stereocenters. The minimum atomic E-state index is -1.48. The van der Waals surface area contributed by atoms with Gasteiger partial charge in [-0.25, -0.2) is 15.0 Å². The van der Waals surface area contributed by atoms with E-state index in [4.69, 9.17) is 10.5 Å². The van der Waals surface area contributed by atoms with Crippen molar-refractivity contribution in [1.82, 2.24) is 30.2 Å². The molecule has 2 amide bonds. The molecule has 13 nitrogen and oxygen atoms in total. The number of ether oxygens (including phenoxy) is 1. The standard InChI is InChI=1S/C33H40N8O5/c1-2-35-31(44)27-25(42)26(43)33(46-27)41-18-37-24-28(36-17-23(19-9-5-3-6-10-19)20-11-7-4-8-12-20)39-29(40-30(24)41)32(45)38-22-15-13-21(34)14-16-22/h3-12,18,21-23,25-27,33,42-43H,2,13-17,34H2,1H3,(H,35,44)(H,38,45)(H,36,39,40)/t21?,22?,25-,26-,27-,33+/m0/s1. The number of aromatic nitrogens is 4. The number of anilines is 1. The number of rotatable bonds is 10. The number of aliphatic hydroxyl groups excluding tert-OH is 2. The molecule has 3 heterocycles. The number of carbonyl (C=O) groups excluding carboxylic acids is 2. The first kappa shape index (κ1) is 31.5. The quantitative estimate of drug-likeness (QED) is 0.151. The van der Waals surface area contributed by atoms with Crippen molar-refractivity contribution >= 4 is 28.8 Å². The summed E-state index contributed by atoms with van der Waals surface area (Å²) >= 11 is 0. The largest absolute Gasteiger partial charge is 0.387 e. The number of imidazole rings is 1. The molecule has 1 saturated carbocycles. The minimum absolute atomic E-state index is 0.0498. The Morgan fingerprint density at radius 2 is 1.63 bits per heavy atom. The molecule has 2 aromatic heterocycles. The third-order valence-corrected chi connectivity index (χ3v) is 8.73. The number of nitrogens with two attached hydrogens (primary N) is 1. The highest BCUT2D eigenvalue weighted by Crippen LogP contribution is 2.33. The summed E-state index contributed by atoms with van der Waals surface area (Å²) in [5.41, 5.74) is 8.80. The van der Waals surface area contributed by atoms with Crippen molar-refractivity contribution in [2.45, 2.75) is 75.1 Å². The zero-order valence-corrected chi connectivity index (χ0v) is 25.6. The van der Waals surface area contributed by atoms with E-state index in [9.17, 15) is 19.8 Å². The Morgan fingerprint density at radius 1 is 0.978 bits per heavy atom. The molecule has 0 unspecified atom stereocenters. The van der Waals surface area contributed by atoms with Crippen LogP contribution in [0.3, 0.4) is 0 Å². The van der Waals surface area contributed by atoms with Crippen molar-refractivity contribution in [2.24, 2.45) is 5.73 Å². The maximum Gasteiger partial charge on any atom is 0.289 e. The average Bonchev–Trinajstić information content (AvgIpc) is 3.63. The molecular weight excluding hydrogens is 588 g/mol. The summed E-state index contributed by atoms with van der Waals surface area (Å²) in [7, 11) is 0. The van der Waals surface area contributed by atoms with Gasteiger partial charge in [-0.05, 0) is 43.7 Å². The first-order valence-corrected chi connectivity index (χ1v) is 15.8. The molecule has 0 spiro atoms. The maximum absolute atomic E-state index is 13.6. The summed E-state index contributed by atoms with van der Waals surface area (Å²) in [6.45, 7) is 2.51. The third-order valence-electron chi connectivity index (χ3n) is 8.73. The molecule has 7 N–H and O–H groups in total. The number of fused-ring (bicyclic) bond motifs is 1. The second-order valence-corrected chi connectivity index (χ2v) is 11.9. The molecule has 0 bridgehead atoms. The van der Waals surface area contributed by atoms with E-state index in [1.54, 1.807) is 6.92 Å². The van der Waals surface area contributed by atoms with E-state index in [0.29, 0.717) is 24.4 Å². The van der Waals surface area contributed by atoms with Crippen molar-refractivity contribution in [1.29, 1.82) is 0 Å². The van der Waals surface area contributed by atoms with E-state index in [2.05, 4.69) is 55.2 Å². The molecule has 0 radical (unpaired) electrons. The number of amides is 2. The predicted octanol–water partition coefficient (Wildman–Crippen LogP) is 1.83. The summed E-state index contributed by atoms with van der Waals surface area (Å²) in [5.74, 6) is -0.807. The Bertz CT molecular complexity index is 1600. The van der Waals surface area contributed by atoms with E-state index in [0.717, 1.165) is 36.8 Å². The van der Waals surface area contributed by atoms with E-state index < -0.39 is 36.4 Å². The van der Waals surface area contributed by atoms with Gasteiger partial charge in [-0.15, -0.1) is 0 Å². The van der Waals surface area contributed by atoms with Crippen molar-refractivity contribution in [3.05, 3.63) is 83.9 Å². The van der Waals surface area contributed by atoms with E-state index in [1.807, 2.05) is 36.4 Å². The predicted molar refractivity (Wildman–Crippen MR) is 171 cm³/mol. The number of aliphatic hydroxyl groups is 2. The zero-order valence-electron chi connectivity index (χ0n) is 25.6. The fourth-order valence-corrected chi connectivity index (χ4v) is 6.22. The second-order valence-electron chi connectivity index (χ2n) is 11.9. The number of hydrogen-bond acceptors (Lipinski definition) is 10. The molecule has 1 aliphatic carbocycles. The number of nitrogens with zero attached hydrogens (tertiary/aromatic N) is 4. The van der Waals surface area contributed by atoms with Gasteiger partial charge in [-0.2, -0.15) is 0 Å². The normalized spacial score (nSPS) is 24.6. The highest BCUT2D eigenvalue weighted by molar-refractivity contribution is 5.94. The number of hydrogen-bond donors (Lipinski definition) is 6. The highest BCUT2D eigenvalue weighted by atomic mass is 16.6. The van der Waals surface area contributed by atoms with Crippen LogP contribution in [0.25, 0.3) is 11.2 Å².